The molecule has 0 aromatic carbocycles. The Morgan fingerprint density at radius 1 is 1.37 bits per heavy atom. The van der Waals surface area contributed by atoms with Crippen molar-refractivity contribution in [3.8, 4) is 6.07 Å². The molecule has 4 nitrogen and oxygen atoms in total. The van der Waals surface area contributed by atoms with Crippen LogP contribution in [0.1, 0.15) is 31.0 Å². The van der Waals surface area contributed by atoms with Crippen LogP contribution in [0.15, 0.2) is 12.3 Å². The van der Waals surface area contributed by atoms with Crippen LogP contribution >= 0.6 is 0 Å². The van der Waals surface area contributed by atoms with Gasteiger partial charge in [-0.15, -0.1) is 0 Å². The molecule has 1 aliphatic rings. The molecule has 0 bridgehead atoms. The fourth-order valence-corrected chi connectivity index (χ4v) is 2.68. The van der Waals surface area contributed by atoms with E-state index in [1.807, 2.05) is 23.9 Å². The molecule has 2 heterocycles. The molecule has 2 rings (SSSR count). The van der Waals surface area contributed by atoms with Crippen molar-refractivity contribution < 1.29 is 0 Å². The second-order valence-electron chi connectivity index (χ2n) is 6.17. The van der Waals surface area contributed by atoms with Crippen molar-refractivity contribution in [2.75, 3.05) is 26.7 Å². The lowest BCUT2D eigenvalue weighted by molar-refractivity contribution is 0.137. The van der Waals surface area contributed by atoms with Gasteiger partial charge in [0, 0.05) is 26.3 Å². The second kappa shape index (κ2) is 5.77. The molecule has 0 aliphatic carbocycles. The number of aromatic nitrogens is 1. The lowest BCUT2D eigenvalue weighted by Gasteiger charge is -2.38. The summed E-state index contributed by atoms with van der Waals surface area (Å²) in [6, 6.07) is 4.16. The number of nitriles is 1. The van der Waals surface area contributed by atoms with Gasteiger partial charge in [-0.1, -0.05) is 6.92 Å². The third-order valence-electron chi connectivity index (χ3n) is 4.25. The van der Waals surface area contributed by atoms with Gasteiger partial charge in [0.1, 0.15) is 11.8 Å². The Balaban J connectivity index is 1.81. The summed E-state index contributed by atoms with van der Waals surface area (Å²) >= 11 is 0. The van der Waals surface area contributed by atoms with Crippen LogP contribution in [0.3, 0.4) is 0 Å². The predicted molar refractivity (Wildman–Crippen MR) is 76.7 cm³/mol. The van der Waals surface area contributed by atoms with E-state index in [4.69, 9.17) is 5.26 Å². The first-order valence-corrected chi connectivity index (χ1v) is 6.97. The maximum atomic E-state index is 8.93. The Labute approximate surface area is 116 Å². The SMILES string of the molecule is CN1CCC(C)(CNCc2cc(C#N)n(C)c2)CC1. The number of nitrogens with zero attached hydrogens (tertiary/aromatic N) is 3. The first-order chi connectivity index (χ1) is 9.02. The lowest BCUT2D eigenvalue weighted by atomic mass is 9.80. The van der Waals surface area contributed by atoms with E-state index in [0.717, 1.165) is 18.8 Å². The minimum absolute atomic E-state index is 0.416. The van der Waals surface area contributed by atoms with Crippen molar-refractivity contribution in [1.82, 2.24) is 14.8 Å². The van der Waals surface area contributed by atoms with E-state index in [-0.39, 0.29) is 0 Å². The minimum Gasteiger partial charge on any atom is -0.342 e. The summed E-state index contributed by atoms with van der Waals surface area (Å²) in [4.78, 5) is 2.40. The number of nitrogens with one attached hydrogen (secondary N) is 1. The Bertz CT molecular complexity index is 461. The van der Waals surface area contributed by atoms with Gasteiger partial charge in [0.05, 0.1) is 0 Å². The van der Waals surface area contributed by atoms with E-state index < -0.39 is 0 Å². The highest BCUT2D eigenvalue weighted by atomic mass is 15.1. The molecular formula is C15H24N4. The standard InChI is InChI=1S/C15H24N4/c1-15(4-6-18(2)7-5-15)12-17-10-13-8-14(9-16)19(3)11-13/h8,11,17H,4-7,10,12H2,1-3H3. The van der Waals surface area contributed by atoms with Gasteiger partial charge in [-0.25, -0.2) is 0 Å². The first-order valence-electron chi connectivity index (χ1n) is 6.97. The summed E-state index contributed by atoms with van der Waals surface area (Å²) in [5.74, 6) is 0. The van der Waals surface area contributed by atoms with Crippen molar-refractivity contribution in [3.05, 3.63) is 23.5 Å². The van der Waals surface area contributed by atoms with Crippen LogP contribution in [0.2, 0.25) is 0 Å². The Morgan fingerprint density at radius 2 is 2.05 bits per heavy atom. The highest BCUT2D eigenvalue weighted by Crippen LogP contribution is 2.29. The van der Waals surface area contributed by atoms with Crippen LogP contribution in [-0.4, -0.2) is 36.1 Å². The molecule has 1 aliphatic heterocycles. The average Bonchev–Trinajstić information content (AvgIpc) is 2.74. The van der Waals surface area contributed by atoms with Gasteiger partial charge >= 0.3 is 0 Å². The molecule has 1 saturated heterocycles. The van der Waals surface area contributed by atoms with E-state index in [1.54, 1.807) is 0 Å². The lowest BCUT2D eigenvalue weighted by Crippen LogP contribution is -2.41. The fraction of sp³-hybridized carbons (Fsp3) is 0.667. The van der Waals surface area contributed by atoms with Crippen LogP contribution in [0.5, 0.6) is 0 Å². The summed E-state index contributed by atoms with van der Waals surface area (Å²) in [5, 5.41) is 12.5. The van der Waals surface area contributed by atoms with Crippen LogP contribution in [0.4, 0.5) is 0 Å². The molecule has 0 radical (unpaired) electrons. The Kier molecular flexibility index (Phi) is 4.28. The number of hydrogen-bond donors (Lipinski definition) is 1. The third kappa shape index (κ3) is 3.59. The van der Waals surface area contributed by atoms with Crippen molar-refractivity contribution in [2.45, 2.75) is 26.3 Å². The molecule has 0 unspecified atom stereocenters. The number of rotatable bonds is 4. The van der Waals surface area contributed by atoms with E-state index in [1.165, 1.54) is 31.5 Å². The molecule has 4 heteroatoms. The monoisotopic (exact) mass is 260 g/mol. The smallest absolute Gasteiger partial charge is 0.120 e. The quantitative estimate of drug-likeness (QED) is 0.896. The van der Waals surface area contributed by atoms with Gasteiger partial charge in [0.15, 0.2) is 0 Å². The van der Waals surface area contributed by atoms with Crippen LogP contribution in [0.25, 0.3) is 0 Å². The highest BCUT2D eigenvalue weighted by Gasteiger charge is 2.28. The number of hydrogen-bond acceptors (Lipinski definition) is 3. The molecule has 19 heavy (non-hydrogen) atoms. The largest absolute Gasteiger partial charge is 0.342 e. The maximum Gasteiger partial charge on any atom is 0.120 e. The Hall–Kier alpha value is -1.31. The second-order valence-corrected chi connectivity index (χ2v) is 6.17. The molecule has 104 valence electrons. The van der Waals surface area contributed by atoms with Crippen LogP contribution in [-0.2, 0) is 13.6 Å². The first kappa shape index (κ1) is 14.1. The summed E-state index contributed by atoms with van der Waals surface area (Å²) in [6.07, 6.45) is 4.55. The van der Waals surface area contributed by atoms with Gasteiger partial charge in [0.2, 0.25) is 0 Å². The molecule has 1 aromatic rings. The summed E-state index contributed by atoms with van der Waals surface area (Å²) in [5.41, 5.74) is 2.33. The molecule has 0 atom stereocenters. The number of aryl methyl sites for hydroxylation is 1. The van der Waals surface area contributed by atoms with Crippen molar-refractivity contribution >= 4 is 0 Å². The van der Waals surface area contributed by atoms with Crippen LogP contribution < -0.4 is 5.32 Å². The molecule has 0 amide bonds. The number of piperidine rings is 1. The van der Waals surface area contributed by atoms with Crippen molar-refractivity contribution in [2.24, 2.45) is 12.5 Å². The molecule has 1 N–H and O–H groups in total. The summed E-state index contributed by atoms with van der Waals surface area (Å²) in [7, 11) is 4.11. The van der Waals surface area contributed by atoms with Crippen molar-refractivity contribution in [1.29, 1.82) is 5.26 Å². The van der Waals surface area contributed by atoms with Crippen molar-refractivity contribution in [3.63, 3.8) is 0 Å². The fourth-order valence-electron chi connectivity index (χ4n) is 2.68. The van der Waals surface area contributed by atoms with E-state index in [0.29, 0.717) is 5.41 Å². The average molecular weight is 260 g/mol. The summed E-state index contributed by atoms with van der Waals surface area (Å²) in [6.45, 7) is 6.67. The zero-order valence-corrected chi connectivity index (χ0v) is 12.2. The van der Waals surface area contributed by atoms with Gasteiger partial charge in [0.25, 0.3) is 0 Å². The van der Waals surface area contributed by atoms with Gasteiger partial charge in [-0.05, 0) is 50.0 Å². The summed E-state index contributed by atoms with van der Waals surface area (Å²) < 4.78 is 1.88. The van der Waals surface area contributed by atoms with Gasteiger partial charge in [-0.2, -0.15) is 5.26 Å². The highest BCUT2D eigenvalue weighted by molar-refractivity contribution is 5.28. The predicted octanol–water partition coefficient (Wildman–Crippen LogP) is 1.72. The maximum absolute atomic E-state index is 8.93. The molecule has 0 spiro atoms. The van der Waals surface area contributed by atoms with Gasteiger partial charge in [-0.3, -0.25) is 0 Å². The zero-order valence-electron chi connectivity index (χ0n) is 12.2. The topological polar surface area (TPSA) is 44.0 Å². The molecule has 1 aromatic heterocycles. The van der Waals surface area contributed by atoms with Crippen LogP contribution in [0, 0.1) is 16.7 Å². The van der Waals surface area contributed by atoms with Gasteiger partial charge < -0.3 is 14.8 Å². The van der Waals surface area contributed by atoms with E-state index in [9.17, 15) is 0 Å². The van der Waals surface area contributed by atoms with E-state index in [2.05, 4.69) is 30.3 Å². The zero-order chi connectivity index (χ0) is 13.9. The Morgan fingerprint density at radius 3 is 2.63 bits per heavy atom. The normalized spacial score (nSPS) is 19.3. The molecule has 1 fully saturated rings. The molecule has 0 saturated carbocycles. The molecular weight excluding hydrogens is 236 g/mol. The number of likely N-dealkylation sites (tertiary alicyclic amines) is 1. The minimum atomic E-state index is 0.416. The van der Waals surface area contributed by atoms with E-state index >= 15 is 0 Å². The third-order valence-corrected chi connectivity index (χ3v) is 4.25.